The first-order valence-electron chi connectivity index (χ1n) is 10.4. The van der Waals surface area contributed by atoms with Gasteiger partial charge in [-0.15, -0.1) is 11.8 Å². The smallest absolute Gasteiger partial charge is 0.314 e. The van der Waals surface area contributed by atoms with E-state index in [1.54, 1.807) is 12.1 Å². The van der Waals surface area contributed by atoms with Gasteiger partial charge in [0.05, 0.1) is 17.6 Å². The number of halogens is 2. The Kier molecular flexibility index (Phi) is 5.90. The average molecular weight is 433 g/mol. The fourth-order valence-electron chi connectivity index (χ4n) is 4.50. The average Bonchev–Trinajstić information content (AvgIpc) is 3.57. The molecule has 0 atom stereocenters. The normalized spacial score (nSPS) is 26.5. The predicted octanol–water partition coefficient (Wildman–Crippen LogP) is 5.91. The molecular formula is C24H26F2O3S. The highest BCUT2D eigenvalue weighted by molar-refractivity contribution is 7.98. The largest absolute Gasteiger partial charge is 0.481 e. The minimum Gasteiger partial charge on any atom is -0.481 e. The molecule has 30 heavy (non-hydrogen) atoms. The summed E-state index contributed by atoms with van der Waals surface area (Å²) in [7, 11) is 0. The number of aliphatic carboxylic acids is 1. The van der Waals surface area contributed by atoms with E-state index >= 15 is 0 Å². The van der Waals surface area contributed by atoms with E-state index in [2.05, 4.69) is 0 Å². The third kappa shape index (κ3) is 4.12. The highest BCUT2D eigenvalue weighted by atomic mass is 32.2. The Morgan fingerprint density at radius 1 is 1.03 bits per heavy atom. The summed E-state index contributed by atoms with van der Waals surface area (Å²) < 4.78 is 34.2. The molecule has 2 fully saturated rings. The van der Waals surface area contributed by atoms with Crippen molar-refractivity contribution >= 4 is 17.7 Å². The summed E-state index contributed by atoms with van der Waals surface area (Å²) in [5.74, 6) is -1.06. The maximum atomic E-state index is 14.3. The molecule has 6 heteroatoms. The lowest BCUT2D eigenvalue weighted by Gasteiger charge is -2.45. The zero-order chi connectivity index (χ0) is 21.4. The Bertz CT molecular complexity index is 917. The van der Waals surface area contributed by atoms with E-state index in [1.165, 1.54) is 36.0 Å². The number of carbonyl (C=O) groups is 1. The third-order valence-electron chi connectivity index (χ3n) is 6.64. The van der Waals surface area contributed by atoms with Crippen LogP contribution in [0.3, 0.4) is 0 Å². The topological polar surface area (TPSA) is 46.5 Å². The molecule has 3 nitrogen and oxygen atoms in total. The minimum absolute atomic E-state index is 0.306. The molecule has 1 N–H and O–H groups in total. The first-order chi connectivity index (χ1) is 14.4. The molecule has 0 unspecified atom stereocenters. The number of thioether (sulfide) groups is 1. The monoisotopic (exact) mass is 432 g/mol. The minimum atomic E-state index is -1.09. The van der Waals surface area contributed by atoms with Crippen molar-refractivity contribution in [2.45, 2.75) is 54.4 Å². The molecule has 2 saturated carbocycles. The van der Waals surface area contributed by atoms with Gasteiger partial charge in [0, 0.05) is 4.90 Å². The molecule has 0 aromatic heterocycles. The van der Waals surface area contributed by atoms with E-state index in [4.69, 9.17) is 4.74 Å². The zero-order valence-electron chi connectivity index (χ0n) is 17.0. The Morgan fingerprint density at radius 2 is 1.70 bits per heavy atom. The molecule has 2 aliphatic carbocycles. The van der Waals surface area contributed by atoms with E-state index in [9.17, 15) is 18.7 Å². The molecule has 0 bridgehead atoms. The van der Waals surface area contributed by atoms with Gasteiger partial charge in [0.15, 0.2) is 0 Å². The number of carboxylic acids is 1. The summed E-state index contributed by atoms with van der Waals surface area (Å²) in [6.07, 6.45) is 5.84. The third-order valence-corrected chi connectivity index (χ3v) is 7.35. The molecule has 2 aromatic carbocycles. The van der Waals surface area contributed by atoms with E-state index in [0.29, 0.717) is 43.8 Å². The maximum Gasteiger partial charge on any atom is 0.314 e. The number of carboxylic acid groups (broad SMARTS) is 1. The van der Waals surface area contributed by atoms with Crippen LogP contribution in [0.4, 0.5) is 8.78 Å². The van der Waals surface area contributed by atoms with Crippen LogP contribution in [-0.2, 0) is 20.5 Å². The number of rotatable bonds is 7. The second-order valence-corrected chi connectivity index (χ2v) is 9.40. The molecule has 0 heterocycles. The van der Waals surface area contributed by atoms with E-state index in [1.807, 2.05) is 12.3 Å². The lowest BCUT2D eigenvalue weighted by molar-refractivity contribution is -0.151. The first-order valence-corrected chi connectivity index (χ1v) is 11.6. The van der Waals surface area contributed by atoms with Gasteiger partial charge >= 0.3 is 5.97 Å². The van der Waals surface area contributed by atoms with Crippen molar-refractivity contribution in [3.63, 3.8) is 0 Å². The molecular weight excluding hydrogens is 406 g/mol. The van der Waals surface area contributed by atoms with Crippen LogP contribution in [0.2, 0.25) is 0 Å². The van der Waals surface area contributed by atoms with Gasteiger partial charge in [0.25, 0.3) is 0 Å². The maximum absolute atomic E-state index is 14.3. The van der Waals surface area contributed by atoms with Crippen molar-refractivity contribution in [2.24, 2.45) is 5.92 Å². The molecule has 0 aliphatic heterocycles. The zero-order valence-corrected chi connectivity index (χ0v) is 17.8. The quantitative estimate of drug-likeness (QED) is 0.553. The first kappa shape index (κ1) is 21.3. The van der Waals surface area contributed by atoms with Gasteiger partial charge in [0.2, 0.25) is 0 Å². The van der Waals surface area contributed by atoms with Gasteiger partial charge in [0.1, 0.15) is 11.6 Å². The molecule has 160 valence electrons. The van der Waals surface area contributed by atoms with Crippen LogP contribution in [0.15, 0.2) is 47.4 Å². The Morgan fingerprint density at radius 3 is 2.27 bits per heavy atom. The van der Waals surface area contributed by atoms with Crippen LogP contribution in [-0.4, -0.2) is 23.9 Å². The van der Waals surface area contributed by atoms with Crippen molar-refractivity contribution in [1.82, 2.24) is 0 Å². The Balaban J connectivity index is 1.67. The number of hydrogen-bond acceptors (Lipinski definition) is 3. The fraction of sp³-hybridized carbons (Fsp3) is 0.458. The van der Waals surface area contributed by atoms with E-state index < -0.39 is 17.0 Å². The number of benzene rings is 2. The van der Waals surface area contributed by atoms with Crippen LogP contribution in [0.5, 0.6) is 0 Å². The van der Waals surface area contributed by atoms with Crippen LogP contribution >= 0.6 is 11.8 Å². The lowest BCUT2D eigenvalue weighted by atomic mass is 9.63. The highest BCUT2D eigenvalue weighted by Gasteiger charge is 2.50. The van der Waals surface area contributed by atoms with Crippen LogP contribution in [0.1, 0.15) is 49.7 Å². The lowest BCUT2D eigenvalue weighted by Crippen LogP contribution is -2.46. The van der Waals surface area contributed by atoms with Crippen LogP contribution in [0, 0.1) is 17.6 Å². The molecule has 2 aromatic rings. The second kappa shape index (κ2) is 8.31. The summed E-state index contributed by atoms with van der Waals surface area (Å²) >= 11 is 1.47. The summed E-state index contributed by atoms with van der Waals surface area (Å²) in [6.45, 7) is 0.613. The van der Waals surface area contributed by atoms with Gasteiger partial charge in [-0.05, 0) is 92.2 Å². The van der Waals surface area contributed by atoms with Gasteiger partial charge < -0.3 is 9.84 Å². The molecule has 0 amide bonds. The van der Waals surface area contributed by atoms with E-state index in [-0.39, 0.29) is 11.6 Å². The summed E-state index contributed by atoms with van der Waals surface area (Å²) in [5, 5.41) is 10.1. The standard InChI is InChI=1S/C24H26F2O3S/c1-30-21-13-18(12-20(26)14-21)24(29-15-16-2-3-16)10-8-23(9-11-24,22(27)28)17-4-6-19(25)7-5-17/h4-7,12-14,16H,2-3,8-11,15H2,1H3,(H,27,28)/t23-,24-. The number of ether oxygens (including phenoxy) is 1. The fourth-order valence-corrected chi connectivity index (χ4v) is 4.97. The Hall–Kier alpha value is -1.92. The summed E-state index contributed by atoms with van der Waals surface area (Å²) in [5.41, 5.74) is -0.397. The second-order valence-electron chi connectivity index (χ2n) is 8.52. The summed E-state index contributed by atoms with van der Waals surface area (Å²) in [4.78, 5) is 13.2. The van der Waals surface area contributed by atoms with Gasteiger partial charge in [-0.2, -0.15) is 0 Å². The van der Waals surface area contributed by atoms with Gasteiger partial charge in [-0.25, -0.2) is 8.78 Å². The van der Waals surface area contributed by atoms with Gasteiger partial charge in [-0.3, -0.25) is 4.79 Å². The van der Waals surface area contributed by atoms with Crippen molar-refractivity contribution in [1.29, 1.82) is 0 Å². The van der Waals surface area contributed by atoms with Crippen LogP contribution in [0.25, 0.3) is 0 Å². The molecule has 0 spiro atoms. The SMILES string of the molecule is CSc1cc(F)cc([C@]2(OCC3CC3)CC[C@@](C(=O)O)(c3ccc(F)cc3)CC2)c1. The van der Waals surface area contributed by atoms with Crippen molar-refractivity contribution in [2.75, 3.05) is 12.9 Å². The molecule has 4 rings (SSSR count). The van der Waals surface area contributed by atoms with Crippen LogP contribution < -0.4 is 0 Å². The Labute approximate surface area is 179 Å². The predicted molar refractivity (Wildman–Crippen MR) is 113 cm³/mol. The number of hydrogen-bond donors (Lipinski definition) is 1. The molecule has 0 saturated heterocycles. The van der Waals surface area contributed by atoms with Crippen molar-refractivity contribution in [3.05, 3.63) is 65.2 Å². The molecule has 0 radical (unpaired) electrons. The highest BCUT2D eigenvalue weighted by Crippen LogP contribution is 2.50. The summed E-state index contributed by atoms with van der Waals surface area (Å²) in [6, 6.07) is 10.7. The van der Waals surface area contributed by atoms with Gasteiger partial charge in [-0.1, -0.05) is 12.1 Å². The van der Waals surface area contributed by atoms with Crippen molar-refractivity contribution < 1.29 is 23.4 Å². The van der Waals surface area contributed by atoms with E-state index in [0.717, 1.165) is 23.3 Å². The molecule has 2 aliphatic rings. The van der Waals surface area contributed by atoms with Crippen molar-refractivity contribution in [3.8, 4) is 0 Å².